The standard InChI is InChI=1S/C54H49BN2/c1-34-27-41-40-21-14-15-24-47(40)57(39-30-37(35-17-10-8-11-18-35)29-38(31-39)36-19-12-9-13-20-36)55-46-23-16-22-42-51(46)56(49(28-34)50(41)55)48-33-44-43(32-45(48)54(42,6)7)52(2,3)25-26-53(44,4)5/h8-24,27-33H,25-26H2,1-7H3. The zero-order chi connectivity index (χ0) is 39.0. The first-order valence-corrected chi connectivity index (χ1v) is 20.8. The minimum atomic E-state index is -0.195. The highest BCUT2D eigenvalue weighted by molar-refractivity contribution is 6.93. The van der Waals surface area contributed by atoms with E-state index in [9.17, 15) is 0 Å². The predicted octanol–water partition coefficient (Wildman–Crippen LogP) is 13.0. The number of rotatable bonds is 3. The van der Waals surface area contributed by atoms with Gasteiger partial charge in [-0.2, -0.15) is 0 Å². The maximum absolute atomic E-state index is 2.69. The molecule has 3 heteroatoms. The summed E-state index contributed by atoms with van der Waals surface area (Å²) in [6.07, 6.45) is 2.40. The third kappa shape index (κ3) is 4.91. The van der Waals surface area contributed by atoms with Gasteiger partial charge >= 0.3 is 6.85 Å². The van der Waals surface area contributed by atoms with Crippen molar-refractivity contribution < 1.29 is 0 Å². The van der Waals surface area contributed by atoms with Gasteiger partial charge in [-0.25, -0.2) is 0 Å². The molecule has 0 fully saturated rings. The second-order valence-electron chi connectivity index (χ2n) is 18.9. The van der Waals surface area contributed by atoms with Crippen LogP contribution >= 0.6 is 0 Å². The summed E-state index contributed by atoms with van der Waals surface area (Å²) in [5.74, 6) is 0. The Kier molecular flexibility index (Phi) is 7.17. The SMILES string of the molecule is Cc1cc2c3c(c1)N1c4cc5c(cc4C(C)(C)c4cccc(c41)B3N(c1cc(-c3ccccc3)cc(-c3ccccc3)c1)c1ccccc1-2)C(C)(C)CCC5(C)C. The summed E-state index contributed by atoms with van der Waals surface area (Å²) in [6.45, 7) is 17.0. The van der Waals surface area contributed by atoms with Gasteiger partial charge in [-0.05, 0) is 134 Å². The largest absolute Gasteiger partial charge is 0.376 e. The maximum atomic E-state index is 2.69. The van der Waals surface area contributed by atoms with E-state index in [1.807, 2.05) is 0 Å². The van der Waals surface area contributed by atoms with E-state index in [1.54, 1.807) is 0 Å². The molecule has 0 saturated carbocycles. The minimum absolute atomic E-state index is 0.0308. The van der Waals surface area contributed by atoms with Gasteiger partial charge in [0.25, 0.3) is 0 Å². The van der Waals surface area contributed by atoms with Crippen LogP contribution in [-0.2, 0) is 16.2 Å². The molecule has 11 rings (SSSR count). The molecule has 3 heterocycles. The van der Waals surface area contributed by atoms with Gasteiger partial charge in [-0.3, -0.25) is 0 Å². The van der Waals surface area contributed by atoms with Crippen LogP contribution in [0, 0.1) is 6.92 Å². The van der Waals surface area contributed by atoms with Gasteiger partial charge in [-0.15, -0.1) is 0 Å². The zero-order valence-corrected chi connectivity index (χ0v) is 34.2. The molecule has 0 atom stereocenters. The number of hydrogen-bond acceptors (Lipinski definition) is 2. The molecule has 0 saturated heterocycles. The molecule has 0 N–H and O–H groups in total. The maximum Gasteiger partial charge on any atom is 0.333 e. The lowest BCUT2D eigenvalue weighted by Crippen LogP contribution is -2.62. The molecule has 0 bridgehead atoms. The van der Waals surface area contributed by atoms with Gasteiger partial charge in [0.1, 0.15) is 0 Å². The van der Waals surface area contributed by atoms with Gasteiger partial charge in [-0.1, -0.05) is 151 Å². The molecular weight excluding hydrogens is 687 g/mol. The molecule has 0 spiro atoms. The van der Waals surface area contributed by atoms with Gasteiger partial charge in [0.05, 0.1) is 5.69 Å². The normalized spacial score (nSPS) is 17.2. The Hall–Kier alpha value is -5.80. The van der Waals surface area contributed by atoms with E-state index in [4.69, 9.17) is 0 Å². The molecule has 3 aliphatic heterocycles. The van der Waals surface area contributed by atoms with E-state index in [0.29, 0.717) is 0 Å². The summed E-state index contributed by atoms with van der Waals surface area (Å²) in [5, 5.41) is 0. The van der Waals surface area contributed by atoms with Crippen LogP contribution in [0.3, 0.4) is 0 Å². The Morgan fingerprint density at radius 2 is 1.09 bits per heavy atom. The van der Waals surface area contributed by atoms with Crippen LogP contribution in [0.2, 0.25) is 0 Å². The van der Waals surface area contributed by atoms with E-state index >= 15 is 0 Å². The lowest BCUT2D eigenvalue weighted by Gasteiger charge is -2.52. The van der Waals surface area contributed by atoms with Crippen LogP contribution in [0.1, 0.15) is 82.2 Å². The Labute approximate surface area is 338 Å². The van der Waals surface area contributed by atoms with Crippen LogP contribution in [-0.4, -0.2) is 6.85 Å². The van der Waals surface area contributed by atoms with Crippen molar-refractivity contribution in [3.8, 4) is 33.4 Å². The molecule has 57 heavy (non-hydrogen) atoms. The van der Waals surface area contributed by atoms with Crippen LogP contribution in [0.15, 0.2) is 146 Å². The van der Waals surface area contributed by atoms with Crippen molar-refractivity contribution in [2.75, 3.05) is 9.71 Å². The summed E-state index contributed by atoms with van der Waals surface area (Å²) >= 11 is 0. The molecule has 7 aromatic rings. The molecular formula is C54H49BN2. The number of para-hydroxylation sites is 2. The number of aryl methyl sites for hydroxylation is 1. The van der Waals surface area contributed by atoms with Gasteiger partial charge in [0.2, 0.25) is 0 Å². The van der Waals surface area contributed by atoms with E-state index in [1.165, 1.54) is 113 Å². The quantitative estimate of drug-likeness (QED) is 0.167. The Bertz CT molecular complexity index is 2740. The predicted molar refractivity (Wildman–Crippen MR) is 243 cm³/mol. The van der Waals surface area contributed by atoms with E-state index in [0.717, 1.165) is 0 Å². The number of benzene rings is 7. The van der Waals surface area contributed by atoms with Crippen molar-refractivity contribution in [2.24, 2.45) is 0 Å². The van der Waals surface area contributed by atoms with Gasteiger partial charge in [0.15, 0.2) is 0 Å². The lowest BCUT2D eigenvalue weighted by atomic mass is 9.42. The third-order valence-electron chi connectivity index (χ3n) is 14.1. The fraction of sp³-hybridized carbons (Fsp3) is 0.222. The van der Waals surface area contributed by atoms with Crippen molar-refractivity contribution in [2.45, 2.75) is 77.6 Å². The second kappa shape index (κ2) is 11.9. The first kappa shape index (κ1) is 34.5. The van der Waals surface area contributed by atoms with E-state index in [-0.39, 0.29) is 23.1 Å². The Morgan fingerprint density at radius 1 is 0.474 bits per heavy atom. The monoisotopic (exact) mass is 736 g/mol. The van der Waals surface area contributed by atoms with Crippen LogP contribution < -0.4 is 20.6 Å². The van der Waals surface area contributed by atoms with Gasteiger partial charge in [0, 0.05) is 33.7 Å². The summed E-state index contributed by atoms with van der Waals surface area (Å²) in [6, 6.07) is 55.4. The smallest absolute Gasteiger partial charge is 0.333 e. The summed E-state index contributed by atoms with van der Waals surface area (Å²) in [5.41, 5.74) is 23.9. The Morgan fingerprint density at radius 3 is 1.75 bits per heavy atom. The second-order valence-corrected chi connectivity index (χ2v) is 18.9. The van der Waals surface area contributed by atoms with Crippen molar-refractivity contribution >= 4 is 46.2 Å². The summed E-state index contributed by atoms with van der Waals surface area (Å²) in [7, 11) is 0. The first-order chi connectivity index (χ1) is 27.4. The number of fused-ring (bicyclic) bond motifs is 7. The summed E-state index contributed by atoms with van der Waals surface area (Å²) in [4.78, 5) is 5.36. The van der Waals surface area contributed by atoms with Gasteiger partial charge < -0.3 is 9.71 Å². The minimum Gasteiger partial charge on any atom is -0.376 e. The molecule has 7 aromatic carbocycles. The average Bonchev–Trinajstić information content (AvgIpc) is 3.22. The van der Waals surface area contributed by atoms with Crippen molar-refractivity contribution in [1.29, 1.82) is 0 Å². The van der Waals surface area contributed by atoms with Crippen molar-refractivity contribution in [3.63, 3.8) is 0 Å². The number of anilines is 5. The fourth-order valence-corrected chi connectivity index (χ4v) is 10.9. The van der Waals surface area contributed by atoms with Crippen molar-refractivity contribution in [3.05, 3.63) is 173 Å². The highest BCUT2D eigenvalue weighted by Gasteiger charge is 2.50. The zero-order valence-electron chi connectivity index (χ0n) is 34.2. The van der Waals surface area contributed by atoms with Crippen LogP contribution in [0.4, 0.5) is 28.4 Å². The molecule has 0 unspecified atom stereocenters. The van der Waals surface area contributed by atoms with E-state index < -0.39 is 0 Å². The topological polar surface area (TPSA) is 6.48 Å². The third-order valence-corrected chi connectivity index (χ3v) is 14.1. The van der Waals surface area contributed by atoms with Crippen LogP contribution in [0.25, 0.3) is 33.4 Å². The fourth-order valence-electron chi connectivity index (χ4n) is 10.9. The summed E-state index contributed by atoms with van der Waals surface area (Å²) < 4.78 is 0. The molecule has 0 radical (unpaired) electrons. The Balaban J connectivity index is 1.23. The molecule has 0 aromatic heterocycles. The molecule has 0 amide bonds. The van der Waals surface area contributed by atoms with E-state index in [2.05, 4.69) is 204 Å². The highest BCUT2D eigenvalue weighted by atomic mass is 15.2. The number of nitrogens with zero attached hydrogens (tertiary/aromatic N) is 2. The molecule has 1 aliphatic carbocycles. The lowest BCUT2D eigenvalue weighted by molar-refractivity contribution is 0.331. The molecule has 4 aliphatic rings. The van der Waals surface area contributed by atoms with Crippen LogP contribution in [0.5, 0.6) is 0 Å². The van der Waals surface area contributed by atoms with Crippen molar-refractivity contribution in [1.82, 2.24) is 0 Å². The molecule has 2 nitrogen and oxygen atoms in total. The number of hydrogen-bond donors (Lipinski definition) is 0. The first-order valence-electron chi connectivity index (χ1n) is 20.8. The molecule has 278 valence electrons. The highest BCUT2D eigenvalue weighted by Crippen LogP contribution is 2.58. The average molecular weight is 737 g/mol.